The number of benzene rings is 2. The summed E-state index contributed by atoms with van der Waals surface area (Å²) in [6.45, 7) is 3.21. The first-order valence-electron chi connectivity index (χ1n) is 11.3. The fourth-order valence-electron chi connectivity index (χ4n) is 4.56. The fraction of sp³-hybridized carbons (Fsp3) is 0.259. The van der Waals surface area contributed by atoms with Gasteiger partial charge in [0.2, 0.25) is 0 Å². The van der Waals surface area contributed by atoms with Crippen LogP contribution in [0.1, 0.15) is 28.7 Å². The molecule has 5 rings (SSSR count). The number of methoxy groups -OCH3 is 1. The van der Waals surface area contributed by atoms with Crippen LogP contribution in [0.2, 0.25) is 0 Å². The summed E-state index contributed by atoms with van der Waals surface area (Å²) in [5.41, 5.74) is 2.00. The van der Waals surface area contributed by atoms with E-state index in [2.05, 4.69) is 0 Å². The number of hydrogen-bond acceptors (Lipinski definition) is 7. The van der Waals surface area contributed by atoms with E-state index in [1.807, 2.05) is 36.2 Å². The number of ketones is 1. The largest absolute Gasteiger partial charge is 0.507 e. The van der Waals surface area contributed by atoms with Crippen LogP contribution >= 0.6 is 0 Å². The van der Waals surface area contributed by atoms with Crippen LogP contribution in [-0.4, -0.2) is 49.0 Å². The summed E-state index contributed by atoms with van der Waals surface area (Å²) >= 11 is 0. The van der Waals surface area contributed by atoms with Gasteiger partial charge in [0.25, 0.3) is 11.7 Å². The van der Waals surface area contributed by atoms with Crippen molar-refractivity contribution in [2.75, 3.05) is 32.2 Å². The smallest absolute Gasteiger partial charge is 0.296 e. The number of hydrogen-bond donors (Lipinski definition) is 1. The van der Waals surface area contributed by atoms with E-state index >= 15 is 0 Å². The quantitative estimate of drug-likeness (QED) is 0.339. The van der Waals surface area contributed by atoms with E-state index in [4.69, 9.17) is 13.9 Å². The minimum atomic E-state index is -0.875. The lowest BCUT2D eigenvalue weighted by Gasteiger charge is -2.28. The zero-order chi connectivity index (χ0) is 24.7. The summed E-state index contributed by atoms with van der Waals surface area (Å²) in [5.74, 6) is 0.678. The third-order valence-corrected chi connectivity index (χ3v) is 6.39. The number of rotatable bonds is 5. The van der Waals surface area contributed by atoms with Crippen LogP contribution in [0.25, 0.3) is 5.76 Å². The standard InChI is InChI=1S/C27H26N2O6/c1-16-7-9-22(35-16)24-23(25(30)18-8-10-21-20(14-18)28(2)11-12-34-21)26(31)27(32)29(24)15-17-5-4-6-19(13-17)33-3/h4-10,13-14,24,30H,11-12,15H2,1-3H3/b25-23-. The number of likely N-dealkylation sites (N-methyl/N-ethyl adjacent to an activating group) is 1. The molecule has 1 N–H and O–H groups in total. The van der Waals surface area contributed by atoms with Crippen LogP contribution < -0.4 is 14.4 Å². The molecule has 1 aromatic heterocycles. The highest BCUT2D eigenvalue weighted by Gasteiger charge is 2.47. The number of ether oxygens (including phenoxy) is 2. The zero-order valence-corrected chi connectivity index (χ0v) is 19.8. The van der Waals surface area contributed by atoms with Gasteiger partial charge in [0.15, 0.2) is 0 Å². The number of Topliss-reactive ketones (excluding diaryl/α,β-unsaturated/α-hetero) is 1. The molecule has 0 radical (unpaired) electrons. The molecule has 1 amide bonds. The highest BCUT2D eigenvalue weighted by Crippen LogP contribution is 2.42. The lowest BCUT2D eigenvalue weighted by Crippen LogP contribution is -2.29. The molecular formula is C27H26N2O6. The Morgan fingerprint density at radius 1 is 1.14 bits per heavy atom. The van der Waals surface area contributed by atoms with Gasteiger partial charge in [-0.25, -0.2) is 0 Å². The maximum atomic E-state index is 13.3. The topological polar surface area (TPSA) is 92.5 Å². The van der Waals surface area contributed by atoms with Gasteiger partial charge in [-0.1, -0.05) is 12.1 Å². The minimum Gasteiger partial charge on any atom is -0.507 e. The Balaban J connectivity index is 1.61. The number of fused-ring (bicyclic) bond motifs is 1. The second-order valence-electron chi connectivity index (χ2n) is 8.68. The van der Waals surface area contributed by atoms with Crippen molar-refractivity contribution in [1.82, 2.24) is 4.90 Å². The predicted molar refractivity (Wildman–Crippen MR) is 129 cm³/mol. The van der Waals surface area contributed by atoms with Gasteiger partial charge in [-0.05, 0) is 55.0 Å². The summed E-state index contributed by atoms with van der Waals surface area (Å²) in [6, 6.07) is 15.1. The van der Waals surface area contributed by atoms with Crippen molar-refractivity contribution >= 4 is 23.1 Å². The van der Waals surface area contributed by atoms with Crippen molar-refractivity contribution in [2.45, 2.75) is 19.5 Å². The average Bonchev–Trinajstić information content (AvgIpc) is 3.40. The highest BCUT2D eigenvalue weighted by atomic mass is 16.5. The van der Waals surface area contributed by atoms with E-state index in [1.165, 1.54) is 4.90 Å². The van der Waals surface area contributed by atoms with Gasteiger partial charge in [-0.15, -0.1) is 0 Å². The summed E-state index contributed by atoms with van der Waals surface area (Å²) in [5, 5.41) is 11.4. The molecular weight excluding hydrogens is 448 g/mol. The van der Waals surface area contributed by atoms with E-state index in [0.717, 1.165) is 11.3 Å². The molecule has 35 heavy (non-hydrogen) atoms. The van der Waals surface area contributed by atoms with Gasteiger partial charge < -0.3 is 28.8 Å². The normalized spacial score (nSPS) is 19.0. The van der Waals surface area contributed by atoms with Crippen LogP contribution in [0.3, 0.4) is 0 Å². The summed E-state index contributed by atoms with van der Waals surface area (Å²) in [6.07, 6.45) is 0. The molecule has 2 aliphatic rings. The lowest BCUT2D eigenvalue weighted by atomic mass is 9.98. The molecule has 0 saturated carbocycles. The molecule has 180 valence electrons. The molecule has 1 saturated heterocycles. The number of likely N-dealkylation sites (tertiary alicyclic amines) is 1. The minimum absolute atomic E-state index is 0.00780. The lowest BCUT2D eigenvalue weighted by molar-refractivity contribution is -0.140. The van der Waals surface area contributed by atoms with Gasteiger partial charge in [0.1, 0.15) is 41.4 Å². The number of nitrogens with zero attached hydrogens (tertiary/aromatic N) is 2. The predicted octanol–water partition coefficient (Wildman–Crippen LogP) is 4.05. The molecule has 3 heterocycles. The molecule has 8 nitrogen and oxygen atoms in total. The Morgan fingerprint density at radius 2 is 1.97 bits per heavy atom. The van der Waals surface area contributed by atoms with E-state index in [-0.39, 0.29) is 17.9 Å². The van der Waals surface area contributed by atoms with E-state index in [9.17, 15) is 14.7 Å². The van der Waals surface area contributed by atoms with Gasteiger partial charge in [-0.2, -0.15) is 0 Å². The van der Waals surface area contributed by atoms with Crippen LogP contribution in [0.15, 0.2) is 64.6 Å². The molecule has 0 bridgehead atoms. The maximum Gasteiger partial charge on any atom is 0.296 e. The highest BCUT2D eigenvalue weighted by molar-refractivity contribution is 6.46. The van der Waals surface area contributed by atoms with Crippen molar-refractivity contribution in [3.63, 3.8) is 0 Å². The van der Waals surface area contributed by atoms with Crippen LogP contribution in [-0.2, 0) is 16.1 Å². The number of carbonyl (C=O) groups excluding carboxylic acids is 2. The fourth-order valence-corrected chi connectivity index (χ4v) is 4.56. The molecule has 3 aromatic rings. The number of aliphatic hydroxyl groups is 1. The number of anilines is 1. The first-order valence-corrected chi connectivity index (χ1v) is 11.3. The Hall–Kier alpha value is -4.20. The van der Waals surface area contributed by atoms with Crippen molar-refractivity contribution < 1.29 is 28.6 Å². The van der Waals surface area contributed by atoms with Crippen molar-refractivity contribution in [3.05, 3.63) is 82.8 Å². The molecule has 1 atom stereocenters. The van der Waals surface area contributed by atoms with Gasteiger partial charge >= 0.3 is 0 Å². The van der Waals surface area contributed by atoms with Crippen LogP contribution in [0.4, 0.5) is 5.69 Å². The van der Waals surface area contributed by atoms with Gasteiger partial charge in [-0.3, -0.25) is 9.59 Å². The van der Waals surface area contributed by atoms with Gasteiger partial charge in [0.05, 0.1) is 24.9 Å². The van der Waals surface area contributed by atoms with Crippen molar-refractivity contribution in [2.24, 2.45) is 0 Å². The first-order chi connectivity index (χ1) is 16.9. The van der Waals surface area contributed by atoms with Crippen molar-refractivity contribution in [1.29, 1.82) is 0 Å². The van der Waals surface area contributed by atoms with E-state index in [1.54, 1.807) is 44.4 Å². The van der Waals surface area contributed by atoms with Crippen LogP contribution in [0.5, 0.6) is 11.5 Å². The van der Waals surface area contributed by atoms with E-state index in [0.29, 0.717) is 41.7 Å². The molecule has 2 aliphatic heterocycles. The van der Waals surface area contributed by atoms with E-state index < -0.39 is 17.7 Å². The van der Waals surface area contributed by atoms with Crippen molar-refractivity contribution in [3.8, 4) is 11.5 Å². The third-order valence-electron chi connectivity index (χ3n) is 6.39. The average molecular weight is 475 g/mol. The molecule has 8 heteroatoms. The number of aryl methyl sites for hydroxylation is 1. The number of amides is 1. The molecule has 1 unspecified atom stereocenters. The monoisotopic (exact) mass is 474 g/mol. The van der Waals surface area contributed by atoms with Crippen LogP contribution in [0, 0.1) is 6.92 Å². The summed E-state index contributed by atoms with van der Waals surface area (Å²) in [7, 11) is 3.50. The third kappa shape index (κ3) is 4.01. The SMILES string of the molecule is COc1cccc(CN2C(=O)C(=O)/C(=C(\O)c3ccc4c(c3)N(C)CCO4)C2c2ccc(C)o2)c1. The zero-order valence-electron chi connectivity index (χ0n) is 19.8. The summed E-state index contributed by atoms with van der Waals surface area (Å²) < 4.78 is 16.9. The molecule has 0 aliphatic carbocycles. The Kier molecular flexibility index (Phi) is 5.72. The number of carbonyl (C=O) groups is 2. The van der Waals surface area contributed by atoms with Gasteiger partial charge in [0, 0.05) is 19.2 Å². The maximum absolute atomic E-state index is 13.3. The molecule has 2 aromatic carbocycles. The number of furan rings is 1. The molecule has 0 spiro atoms. The second kappa shape index (κ2) is 8.87. The Morgan fingerprint density at radius 3 is 2.71 bits per heavy atom. The first kappa shape index (κ1) is 22.6. The Labute approximate surface area is 203 Å². The second-order valence-corrected chi connectivity index (χ2v) is 8.68. The molecule has 1 fully saturated rings. The Bertz CT molecular complexity index is 1340. The number of aliphatic hydroxyl groups excluding tert-OH is 1. The summed E-state index contributed by atoms with van der Waals surface area (Å²) in [4.78, 5) is 29.9.